The third-order valence-corrected chi connectivity index (χ3v) is 8.10. The molecule has 2 aliphatic heterocycles. The largest absolute Gasteiger partial charge is 0.355 e. The molecule has 2 aromatic carbocycles. The number of likely N-dealkylation sites (tertiary alicyclic amines) is 1. The van der Waals surface area contributed by atoms with Crippen LogP contribution in [-0.2, 0) is 11.3 Å². The number of aryl methyl sites for hydroxylation is 1. The third-order valence-electron chi connectivity index (χ3n) is 8.10. The fraction of sp³-hybridized carbons (Fsp3) is 0.500. The van der Waals surface area contributed by atoms with Gasteiger partial charge in [-0.3, -0.25) is 19.1 Å². The number of carbonyl (C=O) groups is 1. The number of hydrogen-bond donors (Lipinski definition) is 1. The molecule has 7 nitrogen and oxygen atoms in total. The molecule has 0 spiro atoms. The van der Waals surface area contributed by atoms with E-state index < -0.39 is 0 Å². The molecule has 37 heavy (non-hydrogen) atoms. The summed E-state index contributed by atoms with van der Waals surface area (Å²) in [7, 11) is 0. The molecule has 1 unspecified atom stereocenters. The standard InChI is InChI=1S/C30H39N5O2/c1-22-10-12-24(13-11-22)21-35-27-9-4-3-8-26(27)32-28(30(35)37)34-18-14-25(15-19-34)29(36)31-16-20-33-17-6-5-7-23(33)2/h3-4,8-13,23,25H,5-7,14-21H2,1-2H3,(H,31,36). The minimum atomic E-state index is -0.0715. The molecule has 3 heterocycles. The van der Waals surface area contributed by atoms with E-state index in [1.165, 1.54) is 24.8 Å². The molecule has 5 rings (SSSR count). The number of amides is 1. The second-order valence-corrected chi connectivity index (χ2v) is 10.7. The Morgan fingerprint density at radius 1 is 1.00 bits per heavy atom. The Hall–Kier alpha value is -3.19. The van der Waals surface area contributed by atoms with Gasteiger partial charge in [0.05, 0.1) is 17.6 Å². The molecule has 1 N–H and O–H groups in total. The molecule has 0 bridgehead atoms. The first-order chi connectivity index (χ1) is 18.0. The van der Waals surface area contributed by atoms with Gasteiger partial charge in [-0.15, -0.1) is 0 Å². The number of anilines is 1. The van der Waals surface area contributed by atoms with Crippen molar-refractivity contribution in [2.45, 2.75) is 58.5 Å². The van der Waals surface area contributed by atoms with Crippen LogP contribution in [0.1, 0.15) is 50.2 Å². The van der Waals surface area contributed by atoms with Crippen molar-refractivity contribution in [3.05, 3.63) is 70.0 Å². The van der Waals surface area contributed by atoms with Crippen LogP contribution in [0.5, 0.6) is 0 Å². The molecular formula is C30H39N5O2. The predicted molar refractivity (Wildman–Crippen MR) is 149 cm³/mol. The summed E-state index contributed by atoms with van der Waals surface area (Å²) >= 11 is 0. The van der Waals surface area contributed by atoms with E-state index in [1.807, 2.05) is 28.8 Å². The van der Waals surface area contributed by atoms with E-state index in [0.29, 0.717) is 38.0 Å². The number of nitrogens with one attached hydrogen (secondary N) is 1. The Kier molecular flexibility index (Phi) is 7.89. The van der Waals surface area contributed by atoms with Crippen molar-refractivity contribution in [3.8, 4) is 0 Å². The van der Waals surface area contributed by atoms with Crippen molar-refractivity contribution in [2.24, 2.45) is 5.92 Å². The topological polar surface area (TPSA) is 70.5 Å². The molecule has 1 atom stereocenters. The number of benzene rings is 2. The van der Waals surface area contributed by atoms with Crippen molar-refractivity contribution in [3.63, 3.8) is 0 Å². The highest BCUT2D eigenvalue weighted by molar-refractivity contribution is 5.79. The molecule has 2 saturated heterocycles. The number of nitrogens with zero attached hydrogens (tertiary/aromatic N) is 4. The normalized spacial score (nSPS) is 19.3. The van der Waals surface area contributed by atoms with Crippen LogP contribution in [0.15, 0.2) is 53.3 Å². The van der Waals surface area contributed by atoms with Crippen molar-refractivity contribution in [1.82, 2.24) is 19.8 Å². The lowest BCUT2D eigenvalue weighted by Crippen LogP contribution is -2.46. The maximum absolute atomic E-state index is 13.7. The summed E-state index contributed by atoms with van der Waals surface area (Å²) < 4.78 is 1.84. The van der Waals surface area contributed by atoms with Crippen LogP contribution in [0, 0.1) is 12.8 Å². The predicted octanol–water partition coefficient (Wildman–Crippen LogP) is 3.96. The van der Waals surface area contributed by atoms with Gasteiger partial charge in [-0.1, -0.05) is 48.4 Å². The summed E-state index contributed by atoms with van der Waals surface area (Å²) in [6.45, 7) is 8.94. The molecule has 0 radical (unpaired) electrons. The zero-order chi connectivity index (χ0) is 25.8. The van der Waals surface area contributed by atoms with Gasteiger partial charge < -0.3 is 10.2 Å². The van der Waals surface area contributed by atoms with Crippen molar-refractivity contribution in [2.75, 3.05) is 37.6 Å². The van der Waals surface area contributed by atoms with Gasteiger partial charge in [0.15, 0.2) is 5.82 Å². The maximum atomic E-state index is 13.7. The SMILES string of the molecule is Cc1ccc(Cn2c(=O)c(N3CCC(C(=O)NCCN4CCCCC4C)CC3)nc3ccccc32)cc1. The minimum absolute atomic E-state index is 0.00901. The van der Waals surface area contributed by atoms with Gasteiger partial charge in [-0.25, -0.2) is 4.98 Å². The van der Waals surface area contributed by atoms with Crippen LogP contribution >= 0.6 is 0 Å². The number of hydrogen-bond acceptors (Lipinski definition) is 5. The second kappa shape index (κ2) is 11.5. The summed E-state index contributed by atoms with van der Waals surface area (Å²) in [6.07, 6.45) is 5.29. The molecule has 7 heteroatoms. The summed E-state index contributed by atoms with van der Waals surface area (Å²) in [5.41, 5.74) is 3.87. The van der Waals surface area contributed by atoms with Crippen LogP contribution in [-0.4, -0.2) is 59.1 Å². The summed E-state index contributed by atoms with van der Waals surface area (Å²) in [5, 5.41) is 3.17. The Balaban J connectivity index is 1.25. The molecular weight excluding hydrogens is 462 g/mol. The second-order valence-electron chi connectivity index (χ2n) is 10.7. The van der Waals surface area contributed by atoms with E-state index in [2.05, 4.69) is 53.2 Å². The molecule has 1 aromatic heterocycles. The number of rotatable bonds is 7. The number of carbonyl (C=O) groups excluding carboxylic acids is 1. The van der Waals surface area contributed by atoms with Crippen LogP contribution in [0.3, 0.4) is 0 Å². The van der Waals surface area contributed by atoms with Crippen LogP contribution in [0.2, 0.25) is 0 Å². The first kappa shape index (κ1) is 25.5. The van der Waals surface area contributed by atoms with E-state index in [9.17, 15) is 9.59 Å². The quantitative estimate of drug-likeness (QED) is 0.531. The van der Waals surface area contributed by atoms with Crippen molar-refractivity contribution < 1.29 is 4.79 Å². The van der Waals surface area contributed by atoms with Gasteiger partial charge in [0.1, 0.15) is 0 Å². The van der Waals surface area contributed by atoms with Crippen molar-refractivity contribution >= 4 is 22.8 Å². The number of piperidine rings is 2. The van der Waals surface area contributed by atoms with Crippen LogP contribution < -0.4 is 15.8 Å². The average molecular weight is 502 g/mol. The van der Waals surface area contributed by atoms with Crippen LogP contribution in [0.4, 0.5) is 5.82 Å². The van der Waals surface area contributed by atoms with Crippen molar-refractivity contribution in [1.29, 1.82) is 0 Å². The fourth-order valence-corrected chi connectivity index (χ4v) is 5.73. The summed E-state index contributed by atoms with van der Waals surface area (Å²) in [4.78, 5) is 35.9. The Morgan fingerprint density at radius 2 is 1.76 bits per heavy atom. The van der Waals surface area contributed by atoms with E-state index in [-0.39, 0.29) is 17.4 Å². The number of aromatic nitrogens is 2. The Morgan fingerprint density at radius 3 is 2.51 bits per heavy atom. The lowest BCUT2D eigenvalue weighted by atomic mass is 9.96. The molecule has 1 amide bonds. The molecule has 0 aliphatic carbocycles. The lowest BCUT2D eigenvalue weighted by Gasteiger charge is -2.34. The first-order valence-corrected chi connectivity index (χ1v) is 13.8. The lowest BCUT2D eigenvalue weighted by molar-refractivity contribution is -0.125. The highest BCUT2D eigenvalue weighted by Gasteiger charge is 2.28. The summed E-state index contributed by atoms with van der Waals surface area (Å²) in [5.74, 6) is 0.626. The fourth-order valence-electron chi connectivity index (χ4n) is 5.73. The molecule has 3 aromatic rings. The van der Waals surface area contributed by atoms with Gasteiger partial charge >= 0.3 is 0 Å². The Bertz CT molecular complexity index is 1280. The van der Waals surface area contributed by atoms with Gasteiger partial charge in [0.2, 0.25) is 5.91 Å². The van der Waals surface area contributed by atoms with Gasteiger partial charge in [-0.05, 0) is 63.8 Å². The highest BCUT2D eigenvalue weighted by Crippen LogP contribution is 2.23. The van der Waals surface area contributed by atoms with Crippen LogP contribution in [0.25, 0.3) is 11.0 Å². The first-order valence-electron chi connectivity index (χ1n) is 13.8. The van der Waals surface area contributed by atoms with Gasteiger partial charge in [0.25, 0.3) is 5.56 Å². The smallest absolute Gasteiger partial charge is 0.294 e. The summed E-state index contributed by atoms with van der Waals surface area (Å²) in [6, 6.07) is 16.8. The molecule has 0 saturated carbocycles. The van der Waals surface area contributed by atoms with Gasteiger partial charge in [0, 0.05) is 38.1 Å². The Labute approximate surface area is 219 Å². The zero-order valence-electron chi connectivity index (χ0n) is 22.2. The molecule has 2 aliphatic rings. The third kappa shape index (κ3) is 5.87. The number of fused-ring (bicyclic) bond motifs is 1. The average Bonchev–Trinajstić information content (AvgIpc) is 2.92. The van der Waals surface area contributed by atoms with E-state index in [4.69, 9.17) is 4.98 Å². The highest BCUT2D eigenvalue weighted by atomic mass is 16.2. The molecule has 196 valence electrons. The monoisotopic (exact) mass is 501 g/mol. The number of para-hydroxylation sites is 2. The van der Waals surface area contributed by atoms with Gasteiger partial charge in [-0.2, -0.15) is 0 Å². The molecule has 2 fully saturated rings. The zero-order valence-corrected chi connectivity index (χ0v) is 22.2. The van der Waals surface area contributed by atoms with E-state index >= 15 is 0 Å². The van der Waals surface area contributed by atoms with E-state index in [1.54, 1.807) is 0 Å². The maximum Gasteiger partial charge on any atom is 0.294 e. The van der Waals surface area contributed by atoms with E-state index in [0.717, 1.165) is 42.5 Å². The minimum Gasteiger partial charge on any atom is -0.355 e.